The van der Waals surface area contributed by atoms with Crippen LogP contribution in [-0.2, 0) is 25.7 Å². The quantitative estimate of drug-likeness (QED) is 0.820. The van der Waals surface area contributed by atoms with Gasteiger partial charge in [-0.15, -0.1) is 0 Å². The van der Waals surface area contributed by atoms with Gasteiger partial charge in [0.1, 0.15) is 0 Å². The van der Waals surface area contributed by atoms with Crippen molar-refractivity contribution in [2.24, 2.45) is 0 Å². The molecule has 0 unspecified atom stereocenters. The molecule has 0 bridgehead atoms. The van der Waals surface area contributed by atoms with Gasteiger partial charge in [0.15, 0.2) is 0 Å². The Kier molecular flexibility index (Phi) is 6.17. The number of aryl methyl sites for hydroxylation is 2. The van der Waals surface area contributed by atoms with E-state index in [1.807, 2.05) is 0 Å². The lowest BCUT2D eigenvalue weighted by Crippen LogP contribution is -1.99. The van der Waals surface area contributed by atoms with E-state index in [2.05, 4.69) is 50.2 Å². The van der Waals surface area contributed by atoms with Crippen LogP contribution < -0.4 is 0 Å². The highest BCUT2D eigenvalue weighted by molar-refractivity contribution is 5.66. The minimum absolute atomic E-state index is 0.197. The van der Waals surface area contributed by atoms with Crippen molar-refractivity contribution in [1.82, 2.24) is 0 Å². The van der Waals surface area contributed by atoms with E-state index < -0.39 is 0 Å². The van der Waals surface area contributed by atoms with Crippen LogP contribution in [0.1, 0.15) is 36.1 Å². The molecule has 0 fully saturated rings. The van der Waals surface area contributed by atoms with Crippen LogP contribution in [0.25, 0.3) is 11.1 Å². The van der Waals surface area contributed by atoms with Crippen LogP contribution in [0, 0.1) is 0 Å². The van der Waals surface area contributed by atoms with Crippen LogP contribution in [0.2, 0.25) is 0 Å². The topological polar surface area (TPSA) is 40.5 Å². The predicted molar refractivity (Wildman–Crippen MR) is 92.2 cm³/mol. The monoisotopic (exact) mass is 298 g/mol. The second-order valence-corrected chi connectivity index (χ2v) is 5.62. The van der Waals surface area contributed by atoms with Crippen LogP contribution in [0.3, 0.4) is 0 Å². The highest BCUT2D eigenvalue weighted by Crippen LogP contribution is 2.26. The van der Waals surface area contributed by atoms with Crippen molar-refractivity contribution in [2.75, 3.05) is 13.2 Å². The molecule has 0 aliphatic rings. The molecule has 0 heterocycles. The Labute approximate surface area is 133 Å². The molecule has 0 saturated carbocycles. The molecule has 118 valence electrons. The predicted octanol–water partition coefficient (Wildman–Crippen LogP) is 3.55. The molecule has 2 aromatic carbocycles. The highest BCUT2D eigenvalue weighted by Gasteiger charge is 2.07. The number of aliphatic hydroxyl groups is 2. The molecule has 2 N–H and O–H groups in total. The summed E-state index contributed by atoms with van der Waals surface area (Å²) >= 11 is 0. The summed E-state index contributed by atoms with van der Waals surface area (Å²) in [5, 5.41) is 18.3. The van der Waals surface area contributed by atoms with Gasteiger partial charge in [-0.2, -0.15) is 0 Å². The van der Waals surface area contributed by atoms with Crippen LogP contribution in [0.4, 0.5) is 0 Å². The zero-order valence-electron chi connectivity index (χ0n) is 13.6. The van der Waals surface area contributed by atoms with Gasteiger partial charge in [0, 0.05) is 13.2 Å². The molecule has 2 heteroatoms. The van der Waals surface area contributed by atoms with Gasteiger partial charge in [0.05, 0.1) is 0 Å². The second-order valence-electron chi connectivity index (χ2n) is 5.62. The maximum Gasteiger partial charge on any atom is 0.0471 e. The van der Waals surface area contributed by atoms with E-state index in [1.165, 1.54) is 33.4 Å². The van der Waals surface area contributed by atoms with Gasteiger partial charge in [0.25, 0.3) is 0 Å². The Morgan fingerprint density at radius 1 is 0.636 bits per heavy atom. The van der Waals surface area contributed by atoms with E-state index in [-0.39, 0.29) is 13.2 Å². The number of benzene rings is 2. The van der Waals surface area contributed by atoms with Crippen molar-refractivity contribution in [1.29, 1.82) is 0 Å². The summed E-state index contributed by atoms with van der Waals surface area (Å²) in [4.78, 5) is 0. The summed E-state index contributed by atoms with van der Waals surface area (Å²) in [6, 6.07) is 13.0. The third-order valence-corrected chi connectivity index (χ3v) is 4.27. The number of aliphatic hydroxyl groups excluding tert-OH is 2. The van der Waals surface area contributed by atoms with Crippen LogP contribution in [0.5, 0.6) is 0 Å². The second kappa shape index (κ2) is 8.11. The van der Waals surface area contributed by atoms with Gasteiger partial charge in [-0.05, 0) is 59.1 Å². The summed E-state index contributed by atoms with van der Waals surface area (Å²) in [6.07, 6.45) is 3.40. The van der Waals surface area contributed by atoms with Gasteiger partial charge in [-0.1, -0.05) is 50.2 Å². The normalized spacial score (nSPS) is 10.9. The lowest BCUT2D eigenvalue weighted by Gasteiger charge is -2.13. The molecule has 2 aromatic rings. The first kappa shape index (κ1) is 16.7. The summed E-state index contributed by atoms with van der Waals surface area (Å²) in [7, 11) is 0. The molecule has 0 amide bonds. The first-order valence-corrected chi connectivity index (χ1v) is 8.19. The van der Waals surface area contributed by atoms with Crippen molar-refractivity contribution in [2.45, 2.75) is 39.5 Å². The summed E-state index contributed by atoms with van der Waals surface area (Å²) in [5.74, 6) is 0. The molecule has 2 rings (SSSR count). The van der Waals surface area contributed by atoms with E-state index >= 15 is 0 Å². The van der Waals surface area contributed by atoms with Crippen LogP contribution in [0.15, 0.2) is 36.4 Å². The van der Waals surface area contributed by atoms with E-state index in [1.54, 1.807) is 0 Å². The Balaban J connectivity index is 2.39. The molecule has 0 aliphatic heterocycles. The van der Waals surface area contributed by atoms with Gasteiger partial charge in [-0.25, -0.2) is 0 Å². The fraction of sp³-hybridized carbons (Fsp3) is 0.400. The minimum atomic E-state index is 0.197. The Morgan fingerprint density at radius 3 is 1.36 bits per heavy atom. The standard InChI is InChI=1S/C20H26O2/c1-3-15-13-19(7-5-17(15)9-11-21)20-8-6-18(10-12-22)16(4-2)14-20/h5-8,13-14,21-22H,3-4,9-12H2,1-2H3. The first-order valence-electron chi connectivity index (χ1n) is 8.19. The first-order chi connectivity index (χ1) is 10.7. The molecule has 0 aromatic heterocycles. The van der Waals surface area contributed by atoms with Crippen molar-refractivity contribution >= 4 is 0 Å². The van der Waals surface area contributed by atoms with E-state index in [0.29, 0.717) is 0 Å². The van der Waals surface area contributed by atoms with Gasteiger partial charge >= 0.3 is 0 Å². The molecular formula is C20H26O2. The van der Waals surface area contributed by atoms with Crippen molar-refractivity contribution in [3.8, 4) is 11.1 Å². The lowest BCUT2D eigenvalue weighted by molar-refractivity contribution is 0.299. The number of hydrogen-bond acceptors (Lipinski definition) is 2. The molecular weight excluding hydrogens is 272 g/mol. The smallest absolute Gasteiger partial charge is 0.0471 e. The lowest BCUT2D eigenvalue weighted by atomic mass is 9.93. The van der Waals surface area contributed by atoms with Crippen molar-refractivity contribution in [3.63, 3.8) is 0 Å². The average molecular weight is 298 g/mol. The SMILES string of the molecule is CCc1cc(-c2ccc(CCO)c(CC)c2)ccc1CCO. The third kappa shape index (κ3) is 3.76. The zero-order valence-corrected chi connectivity index (χ0v) is 13.6. The van der Waals surface area contributed by atoms with E-state index in [4.69, 9.17) is 10.2 Å². The zero-order chi connectivity index (χ0) is 15.9. The van der Waals surface area contributed by atoms with Gasteiger partial charge < -0.3 is 10.2 Å². The molecule has 0 atom stereocenters. The van der Waals surface area contributed by atoms with Crippen molar-refractivity contribution < 1.29 is 10.2 Å². The van der Waals surface area contributed by atoms with Crippen LogP contribution >= 0.6 is 0 Å². The Bertz CT molecular complexity index is 562. The summed E-state index contributed by atoms with van der Waals surface area (Å²) < 4.78 is 0. The minimum Gasteiger partial charge on any atom is -0.396 e. The molecule has 0 radical (unpaired) electrons. The Morgan fingerprint density at radius 2 is 1.05 bits per heavy atom. The highest BCUT2D eigenvalue weighted by atomic mass is 16.3. The molecule has 0 spiro atoms. The molecule has 2 nitrogen and oxygen atoms in total. The largest absolute Gasteiger partial charge is 0.396 e. The maximum absolute atomic E-state index is 9.15. The van der Waals surface area contributed by atoms with E-state index in [9.17, 15) is 0 Å². The van der Waals surface area contributed by atoms with Crippen molar-refractivity contribution in [3.05, 3.63) is 58.7 Å². The summed E-state index contributed by atoms with van der Waals surface area (Å²) in [6.45, 7) is 4.70. The summed E-state index contributed by atoms with van der Waals surface area (Å²) in [5.41, 5.74) is 7.54. The van der Waals surface area contributed by atoms with E-state index in [0.717, 1.165) is 25.7 Å². The average Bonchev–Trinajstić information content (AvgIpc) is 2.56. The number of hydrogen-bond donors (Lipinski definition) is 2. The fourth-order valence-corrected chi connectivity index (χ4v) is 3.00. The molecule has 0 saturated heterocycles. The van der Waals surface area contributed by atoms with Gasteiger partial charge in [-0.3, -0.25) is 0 Å². The maximum atomic E-state index is 9.15. The Hall–Kier alpha value is -1.64. The molecule has 0 aliphatic carbocycles. The fourth-order valence-electron chi connectivity index (χ4n) is 3.00. The van der Waals surface area contributed by atoms with Gasteiger partial charge in [0.2, 0.25) is 0 Å². The molecule has 22 heavy (non-hydrogen) atoms. The van der Waals surface area contributed by atoms with Crippen LogP contribution in [-0.4, -0.2) is 23.4 Å². The third-order valence-electron chi connectivity index (χ3n) is 4.27. The number of rotatable bonds is 7.